The van der Waals surface area contributed by atoms with Crippen LogP contribution in [-0.4, -0.2) is 24.6 Å². The second kappa shape index (κ2) is 10.3. The number of amides is 2. The maximum absolute atomic E-state index is 11.8. The van der Waals surface area contributed by atoms with Crippen LogP contribution < -0.4 is 15.5 Å². The van der Waals surface area contributed by atoms with Crippen LogP contribution >= 0.6 is 0 Å². The third kappa shape index (κ3) is 6.84. The van der Waals surface area contributed by atoms with Gasteiger partial charge in [0.2, 0.25) is 0 Å². The van der Waals surface area contributed by atoms with Crippen molar-refractivity contribution in [2.24, 2.45) is 5.10 Å². The van der Waals surface area contributed by atoms with E-state index in [4.69, 9.17) is 10.00 Å². The minimum atomic E-state index is -0.467. The molecule has 26 heavy (non-hydrogen) atoms. The molecule has 7 nitrogen and oxygen atoms in total. The van der Waals surface area contributed by atoms with Gasteiger partial charge in [0.25, 0.3) is 11.8 Å². The zero-order valence-electron chi connectivity index (χ0n) is 14.0. The molecule has 0 saturated carbocycles. The van der Waals surface area contributed by atoms with Crippen LogP contribution in [0.5, 0.6) is 5.75 Å². The average molecular weight is 350 g/mol. The summed E-state index contributed by atoms with van der Waals surface area (Å²) in [5.74, 6) is -0.129. The van der Waals surface area contributed by atoms with E-state index in [1.165, 1.54) is 6.21 Å². The lowest BCUT2D eigenvalue weighted by Gasteiger charge is -2.07. The molecule has 0 spiro atoms. The molecule has 2 aromatic carbocycles. The molecule has 0 aliphatic rings. The zero-order valence-corrected chi connectivity index (χ0v) is 14.0. The molecular formula is C19H18N4O3. The summed E-state index contributed by atoms with van der Waals surface area (Å²) in [5, 5.41) is 14.9. The fourth-order valence-electron chi connectivity index (χ4n) is 1.94. The van der Waals surface area contributed by atoms with Crippen LogP contribution in [0.3, 0.4) is 0 Å². The maximum Gasteiger partial charge on any atom is 0.258 e. The largest absolute Gasteiger partial charge is 0.484 e. The molecule has 2 rings (SSSR count). The number of nitriles is 1. The van der Waals surface area contributed by atoms with Crippen molar-refractivity contribution in [3.05, 3.63) is 65.7 Å². The molecule has 0 aliphatic carbocycles. The number of carbonyl (C=O) groups is 2. The SMILES string of the molecule is N#CCC(=O)N/N=C\c1ccc(OCC(=O)NCc2ccccc2)cc1. The number of benzene rings is 2. The average Bonchev–Trinajstić information content (AvgIpc) is 2.67. The Labute approximate surface area is 151 Å². The molecule has 132 valence electrons. The molecule has 0 unspecified atom stereocenters. The van der Waals surface area contributed by atoms with E-state index in [0.717, 1.165) is 11.1 Å². The van der Waals surface area contributed by atoms with E-state index in [-0.39, 0.29) is 18.9 Å². The van der Waals surface area contributed by atoms with E-state index < -0.39 is 5.91 Å². The lowest BCUT2D eigenvalue weighted by atomic mass is 10.2. The van der Waals surface area contributed by atoms with Gasteiger partial charge in [-0.05, 0) is 35.4 Å². The van der Waals surface area contributed by atoms with Crippen molar-refractivity contribution in [1.82, 2.24) is 10.7 Å². The molecule has 7 heteroatoms. The lowest BCUT2D eigenvalue weighted by Crippen LogP contribution is -2.28. The first kappa shape index (κ1) is 18.7. The first-order valence-electron chi connectivity index (χ1n) is 7.89. The molecule has 2 N–H and O–H groups in total. The van der Waals surface area contributed by atoms with E-state index in [2.05, 4.69) is 15.8 Å². The van der Waals surface area contributed by atoms with Crippen LogP contribution in [0.15, 0.2) is 59.7 Å². The Kier molecular flexibility index (Phi) is 7.37. The van der Waals surface area contributed by atoms with Gasteiger partial charge in [-0.3, -0.25) is 9.59 Å². The predicted octanol–water partition coefficient (Wildman–Crippen LogP) is 1.75. The second-order valence-electron chi connectivity index (χ2n) is 5.25. The Morgan fingerprint density at radius 2 is 1.81 bits per heavy atom. The standard InChI is InChI=1S/C19H18N4O3/c20-11-10-18(24)23-22-13-16-6-8-17(9-7-16)26-14-19(25)21-12-15-4-2-1-3-5-15/h1-9,13H,10,12,14H2,(H,21,25)(H,23,24)/b22-13-. The third-order valence-electron chi connectivity index (χ3n) is 3.23. The van der Waals surface area contributed by atoms with Crippen LogP contribution in [-0.2, 0) is 16.1 Å². The Morgan fingerprint density at radius 1 is 1.08 bits per heavy atom. The van der Waals surface area contributed by atoms with Crippen molar-refractivity contribution in [2.45, 2.75) is 13.0 Å². The Balaban J connectivity index is 1.73. The minimum absolute atomic E-state index is 0.0789. The Bertz CT molecular complexity index is 796. The van der Waals surface area contributed by atoms with Crippen molar-refractivity contribution in [3.63, 3.8) is 0 Å². The maximum atomic E-state index is 11.8. The number of ether oxygens (including phenoxy) is 1. The van der Waals surface area contributed by atoms with E-state index >= 15 is 0 Å². The summed E-state index contributed by atoms with van der Waals surface area (Å²) >= 11 is 0. The van der Waals surface area contributed by atoms with Gasteiger partial charge in [-0.1, -0.05) is 30.3 Å². The molecule has 0 aromatic heterocycles. The fraction of sp³-hybridized carbons (Fsp3) is 0.158. The van der Waals surface area contributed by atoms with Crippen LogP contribution in [0.2, 0.25) is 0 Å². The molecule has 0 atom stereocenters. The zero-order chi connectivity index (χ0) is 18.6. The van der Waals surface area contributed by atoms with Gasteiger partial charge in [0, 0.05) is 6.54 Å². The summed E-state index contributed by atoms with van der Waals surface area (Å²) in [4.78, 5) is 22.9. The molecule has 0 radical (unpaired) electrons. The number of hydrazone groups is 1. The topological polar surface area (TPSA) is 104 Å². The Morgan fingerprint density at radius 3 is 2.50 bits per heavy atom. The quantitative estimate of drug-likeness (QED) is 0.559. The smallest absolute Gasteiger partial charge is 0.258 e. The van der Waals surface area contributed by atoms with Gasteiger partial charge in [-0.25, -0.2) is 5.43 Å². The van der Waals surface area contributed by atoms with E-state index in [0.29, 0.717) is 12.3 Å². The molecule has 0 bridgehead atoms. The summed E-state index contributed by atoms with van der Waals surface area (Å²) in [6.07, 6.45) is 1.21. The van der Waals surface area contributed by atoms with Crippen molar-refractivity contribution >= 4 is 18.0 Å². The predicted molar refractivity (Wildman–Crippen MR) is 96.2 cm³/mol. The number of nitrogens with one attached hydrogen (secondary N) is 2. The van der Waals surface area contributed by atoms with Crippen LogP contribution in [0, 0.1) is 11.3 Å². The van der Waals surface area contributed by atoms with Gasteiger partial charge in [0.1, 0.15) is 12.2 Å². The second-order valence-corrected chi connectivity index (χ2v) is 5.25. The summed E-state index contributed by atoms with van der Waals surface area (Å²) in [6, 6.07) is 18.2. The molecule has 0 fully saturated rings. The van der Waals surface area contributed by atoms with Crippen molar-refractivity contribution in [2.75, 3.05) is 6.61 Å². The van der Waals surface area contributed by atoms with E-state index in [1.54, 1.807) is 30.3 Å². The van der Waals surface area contributed by atoms with E-state index in [9.17, 15) is 9.59 Å². The van der Waals surface area contributed by atoms with Gasteiger partial charge >= 0.3 is 0 Å². The highest BCUT2D eigenvalue weighted by Crippen LogP contribution is 2.11. The summed E-state index contributed by atoms with van der Waals surface area (Å²) in [7, 11) is 0. The van der Waals surface area contributed by atoms with Gasteiger partial charge in [0.05, 0.1) is 12.3 Å². The number of nitrogens with zero attached hydrogens (tertiary/aromatic N) is 2. The van der Waals surface area contributed by atoms with Gasteiger partial charge in [-0.2, -0.15) is 10.4 Å². The number of hydrogen-bond donors (Lipinski definition) is 2. The summed E-state index contributed by atoms with van der Waals surface area (Å²) in [6.45, 7) is 0.375. The minimum Gasteiger partial charge on any atom is -0.484 e. The molecule has 2 amide bonds. The first-order valence-corrected chi connectivity index (χ1v) is 7.89. The first-order chi connectivity index (χ1) is 12.7. The van der Waals surface area contributed by atoms with Crippen LogP contribution in [0.4, 0.5) is 0 Å². The normalized spacial score (nSPS) is 10.1. The van der Waals surface area contributed by atoms with E-state index in [1.807, 2.05) is 30.3 Å². The monoisotopic (exact) mass is 350 g/mol. The lowest BCUT2D eigenvalue weighted by molar-refractivity contribution is -0.123. The number of hydrogen-bond acceptors (Lipinski definition) is 5. The molecule has 0 saturated heterocycles. The fourth-order valence-corrected chi connectivity index (χ4v) is 1.94. The van der Waals surface area contributed by atoms with Crippen LogP contribution in [0.25, 0.3) is 0 Å². The highest BCUT2D eigenvalue weighted by molar-refractivity contribution is 5.83. The number of rotatable bonds is 8. The molecule has 2 aromatic rings. The molecular weight excluding hydrogens is 332 g/mol. The third-order valence-corrected chi connectivity index (χ3v) is 3.23. The Hall–Kier alpha value is -3.66. The van der Waals surface area contributed by atoms with Crippen molar-refractivity contribution in [1.29, 1.82) is 5.26 Å². The van der Waals surface area contributed by atoms with Crippen molar-refractivity contribution in [3.8, 4) is 11.8 Å². The van der Waals surface area contributed by atoms with Gasteiger partial charge in [-0.15, -0.1) is 0 Å². The highest BCUT2D eigenvalue weighted by Gasteiger charge is 2.03. The van der Waals surface area contributed by atoms with Gasteiger partial charge < -0.3 is 10.1 Å². The summed E-state index contributed by atoms with van der Waals surface area (Å²) < 4.78 is 5.42. The van der Waals surface area contributed by atoms with Crippen molar-refractivity contribution < 1.29 is 14.3 Å². The highest BCUT2D eigenvalue weighted by atomic mass is 16.5. The molecule has 0 heterocycles. The molecule has 0 aliphatic heterocycles. The summed E-state index contributed by atoms with van der Waals surface area (Å²) in [5.41, 5.74) is 4.00. The van der Waals surface area contributed by atoms with Crippen LogP contribution in [0.1, 0.15) is 17.5 Å². The van der Waals surface area contributed by atoms with Gasteiger partial charge in [0.15, 0.2) is 6.61 Å². The number of carbonyl (C=O) groups excluding carboxylic acids is 2.